The smallest absolute Gasteiger partial charge is 0.252 e. The Labute approximate surface area is 196 Å². The fraction of sp³-hybridized carbons (Fsp3) is 0.640. The van der Waals surface area contributed by atoms with Gasteiger partial charge in [0.15, 0.2) is 0 Å². The number of piperidine rings is 2. The molecule has 2 saturated heterocycles. The molecule has 3 amide bonds. The average molecular weight is 460 g/mol. The molecule has 1 N–H and O–H groups in total. The highest BCUT2D eigenvalue weighted by atomic mass is 16.5. The maximum atomic E-state index is 13.3. The molecule has 0 unspecified atom stereocenters. The summed E-state index contributed by atoms with van der Waals surface area (Å²) in [6, 6.07) is 4.29. The van der Waals surface area contributed by atoms with Crippen LogP contribution in [0.3, 0.4) is 0 Å². The summed E-state index contributed by atoms with van der Waals surface area (Å²) >= 11 is 0. The summed E-state index contributed by atoms with van der Waals surface area (Å²) in [4.78, 5) is 42.9. The number of rotatable bonds is 7. The minimum absolute atomic E-state index is 0.0107. The molecular formula is C25H37N3O5. The number of benzene rings is 1. The van der Waals surface area contributed by atoms with Crippen molar-refractivity contribution >= 4 is 17.7 Å². The van der Waals surface area contributed by atoms with Crippen LogP contribution in [0.25, 0.3) is 0 Å². The van der Waals surface area contributed by atoms with Gasteiger partial charge >= 0.3 is 0 Å². The number of nitrogens with one attached hydrogen (secondary N) is 1. The van der Waals surface area contributed by atoms with Gasteiger partial charge in [0.1, 0.15) is 17.5 Å². The number of carbonyl (C=O) groups is 3. The fourth-order valence-electron chi connectivity index (χ4n) is 4.59. The van der Waals surface area contributed by atoms with Crippen LogP contribution in [0.15, 0.2) is 18.2 Å². The molecule has 0 bridgehead atoms. The van der Waals surface area contributed by atoms with Crippen LogP contribution in [0.1, 0.15) is 56.3 Å². The van der Waals surface area contributed by atoms with Crippen molar-refractivity contribution in [2.75, 3.05) is 40.4 Å². The van der Waals surface area contributed by atoms with Gasteiger partial charge in [-0.25, -0.2) is 0 Å². The first kappa shape index (κ1) is 24.9. The van der Waals surface area contributed by atoms with Gasteiger partial charge in [-0.2, -0.15) is 0 Å². The zero-order valence-electron chi connectivity index (χ0n) is 20.3. The predicted octanol–water partition coefficient (Wildman–Crippen LogP) is 2.71. The number of carbonyl (C=O) groups excluding carboxylic acids is 3. The average Bonchev–Trinajstić information content (AvgIpc) is 2.86. The van der Waals surface area contributed by atoms with Crippen molar-refractivity contribution in [2.45, 2.75) is 52.0 Å². The monoisotopic (exact) mass is 459 g/mol. The lowest BCUT2D eigenvalue weighted by molar-refractivity contribution is -0.142. The second-order valence-electron chi connectivity index (χ2n) is 9.28. The van der Waals surface area contributed by atoms with Gasteiger partial charge < -0.3 is 24.6 Å². The van der Waals surface area contributed by atoms with Crippen molar-refractivity contribution < 1.29 is 23.9 Å². The van der Waals surface area contributed by atoms with E-state index in [2.05, 4.69) is 5.32 Å². The van der Waals surface area contributed by atoms with Crippen molar-refractivity contribution in [3.63, 3.8) is 0 Å². The molecule has 0 radical (unpaired) electrons. The second kappa shape index (κ2) is 11.4. The zero-order valence-corrected chi connectivity index (χ0v) is 20.3. The molecule has 182 valence electrons. The Morgan fingerprint density at radius 2 is 1.45 bits per heavy atom. The number of hydrogen-bond donors (Lipinski definition) is 1. The van der Waals surface area contributed by atoms with Gasteiger partial charge in [-0.1, -0.05) is 13.8 Å². The molecule has 8 nitrogen and oxygen atoms in total. The molecule has 0 spiro atoms. The summed E-state index contributed by atoms with van der Waals surface area (Å²) < 4.78 is 10.5. The SMILES string of the molecule is COc1cc(OC)cc(C(=O)N[C@@H](C(=O)N2CCC(C(=O)N3CCCCC3)CC2)C(C)C)c1. The standard InChI is InChI=1S/C25H37N3O5/c1-17(2)22(26-23(29)19-14-20(32-3)16-21(15-19)33-4)25(31)28-12-8-18(9-13-28)24(30)27-10-6-5-7-11-27/h14-18,22H,5-13H2,1-4H3,(H,26,29)/t22-/m1/s1. The summed E-state index contributed by atoms with van der Waals surface area (Å²) in [5.74, 6) is 0.707. The van der Waals surface area contributed by atoms with Gasteiger partial charge in [0.25, 0.3) is 5.91 Å². The molecular weight excluding hydrogens is 422 g/mol. The molecule has 2 aliphatic rings. The highest BCUT2D eigenvalue weighted by Gasteiger charge is 2.34. The molecule has 0 aliphatic carbocycles. The minimum Gasteiger partial charge on any atom is -0.497 e. The van der Waals surface area contributed by atoms with Crippen LogP contribution < -0.4 is 14.8 Å². The first-order valence-electron chi connectivity index (χ1n) is 12.0. The molecule has 2 aliphatic heterocycles. The maximum absolute atomic E-state index is 13.3. The van der Waals surface area contributed by atoms with Crippen LogP contribution in [0.2, 0.25) is 0 Å². The maximum Gasteiger partial charge on any atom is 0.252 e. The van der Waals surface area contributed by atoms with E-state index in [1.165, 1.54) is 20.6 Å². The summed E-state index contributed by atoms with van der Waals surface area (Å²) in [5.41, 5.74) is 0.371. The third-order valence-electron chi connectivity index (χ3n) is 6.66. The Hall–Kier alpha value is -2.77. The lowest BCUT2D eigenvalue weighted by Gasteiger charge is -2.37. The Morgan fingerprint density at radius 3 is 1.97 bits per heavy atom. The lowest BCUT2D eigenvalue weighted by atomic mass is 9.93. The van der Waals surface area contributed by atoms with E-state index >= 15 is 0 Å². The van der Waals surface area contributed by atoms with Crippen molar-refractivity contribution in [2.24, 2.45) is 11.8 Å². The predicted molar refractivity (Wildman–Crippen MR) is 125 cm³/mol. The number of hydrogen-bond acceptors (Lipinski definition) is 5. The van der Waals surface area contributed by atoms with Crippen molar-refractivity contribution in [1.29, 1.82) is 0 Å². The minimum atomic E-state index is -0.649. The van der Waals surface area contributed by atoms with E-state index in [1.807, 2.05) is 18.7 Å². The molecule has 33 heavy (non-hydrogen) atoms. The summed E-state index contributed by atoms with van der Waals surface area (Å²) in [5, 5.41) is 2.90. The van der Waals surface area contributed by atoms with Gasteiger partial charge in [0.2, 0.25) is 11.8 Å². The molecule has 2 heterocycles. The number of amides is 3. The zero-order chi connectivity index (χ0) is 24.0. The summed E-state index contributed by atoms with van der Waals surface area (Å²) in [6.45, 7) is 6.62. The van der Waals surface area contributed by atoms with Crippen molar-refractivity contribution in [3.8, 4) is 11.5 Å². The van der Waals surface area contributed by atoms with Gasteiger partial charge in [-0.15, -0.1) is 0 Å². The van der Waals surface area contributed by atoms with Crippen LogP contribution in [-0.4, -0.2) is 74.0 Å². The van der Waals surface area contributed by atoms with E-state index in [1.54, 1.807) is 23.1 Å². The molecule has 0 saturated carbocycles. The number of nitrogens with zero attached hydrogens (tertiary/aromatic N) is 2. The van der Waals surface area contributed by atoms with Crippen molar-refractivity contribution in [3.05, 3.63) is 23.8 Å². The molecule has 1 aromatic carbocycles. The Balaban J connectivity index is 1.61. The van der Waals surface area contributed by atoms with Crippen LogP contribution in [0, 0.1) is 11.8 Å². The fourth-order valence-corrected chi connectivity index (χ4v) is 4.59. The van der Waals surface area contributed by atoms with Crippen LogP contribution in [0.4, 0.5) is 0 Å². The third kappa shape index (κ3) is 6.18. The molecule has 1 aromatic rings. The van der Waals surface area contributed by atoms with E-state index in [9.17, 15) is 14.4 Å². The first-order valence-corrected chi connectivity index (χ1v) is 12.0. The number of methoxy groups -OCH3 is 2. The van der Waals surface area contributed by atoms with Gasteiger partial charge in [0, 0.05) is 43.7 Å². The Kier molecular flexibility index (Phi) is 8.58. The summed E-state index contributed by atoms with van der Waals surface area (Å²) in [6.07, 6.45) is 4.71. The van der Waals surface area contributed by atoms with E-state index in [-0.39, 0.29) is 29.6 Å². The van der Waals surface area contributed by atoms with Crippen LogP contribution >= 0.6 is 0 Å². The second-order valence-corrected chi connectivity index (χ2v) is 9.28. The molecule has 0 aromatic heterocycles. The molecule has 8 heteroatoms. The van der Waals surface area contributed by atoms with E-state index in [4.69, 9.17) is 9.47 Å². The van der Waals surface area contributed by atoms with Crippen molar-refractivity contribution in [1.82, 2.24) is 15.1 Å². The Morgan fingerprint density at radius 1 is 0.879 bits per heavy atom. The number of likely N-dealkylation sites (tertiary alicyclic amines) is 2. The van der Waals surface area contributed by atoms with Crippen LogP contribution in [-0.2, 0) is 9.59 Å². The molecule has 1 atom stereocenters. The van der Waals surface area contributed by atoms with Crippen LogP contribution in [0.5, 0.6) is 11.5 Å². The molecule has 2 fully saturated rings. The van der Waals surface area contributed by atoms with E-state index < -0.39 is 6.04 Å². The quantitative estimate of drug-likeness (QED) is 0.677. The van der Waals surface area contributed by atoms with Gasteiger partial charge in [-0.05, 0) is 50.2 Å². The van der Waals surface area contributed by atoms with E-state index in [0.717, 1.165) is 25.9 Å². The Bertz CT molecular complexity index is 820. The topological polar surface area (TPSA) is 88.2 Å². The van der Waals surface area contributed by atoms with Gasteiger partial charge in [0.05, 0.1) is 14.2 Å². The largest absolute Gasteiger partial charge is 0.497 e. The lowest BCUT2D eigenvalue weighted by Crippen LogP contribution is -2.54. The first-order chi connectivity index (χ1) is 15.8. The van der Waals surface area contributed by atoms with E-state index in [0.29, 0.717) is 43.0 Å². The normalized spacial score (nSPS) is 18.1. The highest BCUT2D eigenvalue weighted by molar-refractivity contribution is 5.98. The third-order valence-corrected chi connectivity index (χ3v) is 6.66. The number of ether oxygens (including phenoxy) is 2. The summed E-state index contributed by atoms with van der Waals surface area (Å²) in [7, 11) is 3.05. The van der Waals surface area contributed by atoms with Gasteiger partial charge in [-0.3, -0.25) is 14.4 Å². The molecule has 3 rings (SSSR count). The highest BCUT2D eigenvalue weighted by Crippen LogP contribution is 2.25.